The molecule has 1 aromatic carbocycles. The van der Waals surface area contributed by atoms with E-state index in [0.717, 1.165) is 49.4 Å². The molecule has 1 amide bonds. The van der Waals surface area contributed by atoms with Gasteiger partial charge in [-0.25, -0.2) is 0 Å². The van der Waals surface area contributed by atoms with Crippen molar-refractivity contribution >= 4 is 11.6 Å². The van der Waals surface area contributed by atoms with Gasteiger partial charge in [0, 0.05) is 12.2 Å². The van der Waals surface area contributed by atoms with E-state index in [0.29, 0.717) is 0 Å². The van der Waals surface area contributed by atoms with Crippen LogP contribution in [0.25, 0.3) is 0 Å². The maximum absolute atomic E-state index is 12.7. The van der Waals surface area contributed by atoms with Crippen LogP contribution < -0.4 is 15.4 Å². The van der Waals surface area contributed by atoms with Crippen molar-refractivity contribution in [2.24, 2.45) is 5.41 Å². The van der Waals surface area contributed by atoms with E-state index in [-0.39, 0.29) is 11.3 Å². The van der Waals surface area contributed by atoms with Gasteiger partial charge in [0.1, 0.15) is 5.75 Å². The first kappa shape index (κ1) is 14.9. The Balaban J connectivity index is 2.14. The molecular weight excluding hydrogens is 252 g/mol. The van der Waals surface area contributed by atoms with Gasteiger partial charge >= 0.3 is 0 Å². The zero-order valence-electron chi connectivity index (χ0n) is 12.6. The summed E-state index contributed by atoms with van der Waals surface area (Å²) in [6.45, 7) is 5.82. The first-order chi connectivity index (χ1) is 9.61. The second-order valence-electron chi connectivity index (χ2n) is 5.59. The number of hydrogen-bond donors (Lipinski definition) is 2. The van der Waals surface area contributed by atoms with Crippen LogP contribution in [-0.2, 0) is 4.79 Å². The molecule has 1 atom stereocenters. The Hall–Kier alpha value is -1.55. The summed E-state index contributed by atoms with van der Waals surface area (Å²) in [4.78, 5) is 12.7. The standard InChI is InChI=1S/C16H24N2O2/c1-4-7-16(8-9-17-11-16)15(19)18-14-6-5-13(20-3)10-12(14)2/h5-6,10,17H,4,7-9,11H2,1-3H3,(H,18,19). The number of ether oxygens (including phenoxy) is 1. The van der Waals surface area contributed by atoms with Crippen LogP contribution in [-0.4, -0.2) is 26.1 Å². The molecule has 0 aromatic heterocycles. The minimum atomic E-state index is -0.249. The molecule has 1 heterocycles. The summed E-state index contributed by atoms with van der Waals surface area (Å²) in [6.07, 6.45) is 2.87. The smallest absolute Gasteiger partial charge is 0.231 e. The molecule has 1 unspecified atom stereocenters. The van der Waals surface area contributed by atoms with E-state index >= 15 is 0 Å². The summed E-state index contributed by atoms with van der Waals surface area (Å²) in [5.41, 5.74) is 1.65. The number of carbonyl (C=O) groups is 1. The molecule has 110 valence electrons. The third kappa shape index (κ3) is 2.96. The maximum Gasteiger partial charge on any atom is 0.231 e. The Morgan fingerprint density at radius 1 is 1.50 bits per heavy atom. The first-order valence-electron chi connectivity index (χ1n) is 7.28. The maximum atomic E-state index is 12.7. The predicted octanol–water partition coefficient (Wildman–Crippen LogP) is 2.72. The number of nitrogens with one attached hydrogen (secondary N) is 2. The molecule has 1 aliphatic rings. The van der Waals surface area contributed by atoms with Crippen molar-refractivity contribution in [1.82, 2.24) is 5.32 Å². The first-order valence-corrected chi connectivity index (χ1v) is 7.28. The van der Waals surface area contributed by atoms with Gasteiger partial charge in [0.15, 0.2) is 0 Å². The Morgan fingerprint density at radius 3 is 2.85 bits per heavy atom. The highest BCUT2D eigenvalue weighted by Gasteiger charge is 2.40. The molecule has 4 nitrogen and oxygen atoms in total. The van der Waals surface area contributed by atoms with Crippen molar-refractivity contribution in [1.29, 1.82) is 0 Å². The number of benzene rings is 1. The highest BCUT2D eigenvalue weighted by molar-refractivity contribution is 5.96. The summed E-state index contributed by atoms with van der Waals surface area (Å²) >= 11 is 0. The van der Waals surface area contributed by atoms with Gasteiger partial charge in [-0.2, -0.15) is 0 Å². The monoisotopic (exact) mass is 276 g/mol. The molecule has 0 bridgehead atoms. The SMILES string of the molecule is CCCC1(C(=O)Nc2ccc(OC)cc2C)CCNC1. The summed E-state index contributed by atoms with van der Waals surface area (Å²) in [5.74, 6) is 0.948. The zero-order valence-corrected chi connectivity index (χ0v) is 12.6. The average molecular weight is 276 g/mol. The summed E-state index contributed by atoms with van der Waals surface area (Å²) in [5, 5.41) is 6.41. The summed E-state index contributed by atoms with van der Waals surface area (Å²) in [6, 6.07) is 5.73. The lowest BCUT2D eigenvalue weighted by molar-refractivity contribution is -0.125. The molecule has 0 aliphatic carbocycles. The largest absolute Gasteiger partial charge is 0.497 e. The van der Waals surface area contributed by atoms with E-state index < -0.39 is 0 Å². The van der Waals surface area contributed by atoms with E-state index in [4.69, 9.17) is 4.74 Å². The van der Waals surface area contributed by atoms with E-state index in [1.54, 1.807) is 7.11 Å². The highest BCUT2D eigenvalue weighted by atomic mass is 16.5. The fraction of sp³-hybridized carbons (Fsp3) is 0.562. The van der Waals surface area contributed by atoms with Gasteiger partial charge in [-0.05, 0) is 50.1 Å². The number of methoxy groups -OCH3 is 1. The molecule has 1 aliphatic heterocycles. The molecule has 2 N–H and O–H groups in total. The fourth-order valence-electron chi connectivity index (χ4n) is 2.90. The topological polar surface area (TPSA) is 50.4 Å². The second-order valence-corrected chi connectivity index (χ2v) is 5.59. The Morgan fingerprint density at radius 2 is 2.30 bits per heavy atom. The van der Waals surface area contributed by atoms with Crippen LogP contribution in [0.2, 0.25) is 0 Å². The van der Waals surface area contributed by atoms with Gasteiger partial charge in [0.2, 0.25) is 5.91 Å². The summed E-state index contributed by atoms with van der Waals surface area (Å²) in [7, 11) is 1.65. The minimum absolute atomic E-state index is 0.137. The Bertz CT molecular complexity index is 479. The second kappa shape index (κ2) is 6.27. The quantitative estimate of drug-likeness (QED) is 0.869. The van der Waals surface area contributed by atoms with Crippen LogP contribution in [0.3, 0.4) is 0 Å². The van der Waals surface area contributed by atoms with Gasteiger partial charge in [0.05, 0.1) is 12.5 Å². The minimum Gasteiger partial charge on any atom is -0.497 e. The van der Waals surface area contributed by atoms with E-state index in [1.165, 1.54) is 0 Å². The number of rotatable bonds is 5. The fourth-order valence-corrected chi connectivity index (χ4v) is 2.90. The number of aryl methyl sites for hydroxylation is 1. The van der Waals surface area contributed by atoms with E-state index in [9.17, 15) is 4.79 Å². The molecule has 20 heavy (non-hydrogen) atoms. The lowest BCUT2D eigenvalue weighted by Gasteiger charge is -2.27. The van der Waals surface area contributed by atoms with Gasteiger partial charge < -0.3 is 15.4 Å². The Labute approximate surface area is 120 Å². The van der Waals surface area contributed by atoms with Crippen molar-refractivity contribution < 1.29 is 9.53 Å². The predicted molar refractivity (Wildman–Crippen MR) is 81.2 cm³/mol. The van der Waals surface area contributed by atoms with E-state index in [2.05, 4.69) is 17.6 Å². The van der Waals surface area contributed by atoms with Crippen molar-refractivity contribution in [3.63, 3.8) is 0 Å². The Kier molecular flexibility index (Phi) is 4.65. The third-order valence-electron chi connectivity index (χ3n) is 4.14. The zero-order chi connectivity index (χ0) is 14.6. The molecule has 2 rings (SSSR count). The number of amides is 1. The van der Waals surface area contributed by atoms with Gasteiger partial charge in [-0.15, -0.1) is 0 Å². The lowest BCUT2D eigenvalue weighted by Crippen LogP contribution is -2.38. The van der Waals surface area contributed by atoms with Gasteiger partial charge in [-0.1, -0.05) is 13.3 Å². The molecule has 1 saturated heterocycles. The van der Waals surface area contributed by atoms with Gasteiger partial charge in [0.25, 0.3) is 0 Å². The normalized spacial score (nSPS) is 21.8. The van der Waals surface area contributed by atoms with Gasteiger partial charge in [-0.3, -0.25) is 4.79 Å². The molecule has 0 radical (unpaired) electrons. The number of hydrogen-bond acceptors (Lipinski definition) is 3. The molecule has 1 fully saturated rings. The van der Waals surface area contributed by atoms with Crippen LogP contribution in [0.5, 0.6) is 5.75 Å². The van der Waals surface area contributed by atoms with Crippen LogP contribution in [0, 0.1) is 12.3 Å². The van der Waals surface area contributed by atoms with Crippen LogP contribution >= 0.6 is 0 Å². The molecule has 4 heteroatoms. The molecular formula is C16H24N2O2. The molecule has 1 aromatic rings. The third-order valence-corrected chi connectivity index (χ3v) is 4.14. The van der Waals surface area contributed by atoms with Crippen molar-refractivity contribution in [3.8, 4) is 5.75 Å². The average Bonchev–Trinajstić information content (AvgIpc) is 2.91. The summed E-state index contributed by atoms with van der Waals surface area (Å²) < 4.78 is 5.19. The highest BCUT2D eigenvalue weighted by Crippen LogP contribution is 2.33. The number of carbonyl (C=O) groups excluding carboxylic acids is 1. The van der Waals surface area contributed by atoms with Crippen molar-refractivity contribution in [2.75, 3.05) is 25.5 Å². The van der Waals surface area contributed by atoms with Crippen molar-refractivity contribution in [3.05, 3.63) is 23.8 Å². The molecule has 0 spiro atoms. The van der Waals surface area contributed by atoms with Crippen molar-refractivity contribution in [2.45, 2.75) is 33.1 Å². The molecule has 0 saturated carbocycles. The van der Waals surface area contributed by atoms with Crippen LogP contribution in [0.1, 0.15) is 31.7 Å². The van der Waals surface area contributed by atoms with Crippen LogP contribution in [0.4, 0.5) is 5.69 Å². The van der Waals surface area contributed by atoms with Crippen LogP contribution in [0.15, 0.2) is 18.2 Å². The number of anilines is 1. The lowest BCUT2D eigenvalue weighted by atomic mass is 9.81. The van der Waals surface area contributed by atoms with E-state index in [1.807, 2.05) is 25.1 Å².